The van der Waals surface area contributed by atoms with Crippen molar-refractivity contribution in [2.45, 2.75) is 32.3 Å². The molecular weight excluding hydrogens is 252 g/mol. The molecule has 1 heterocycles. The van der Waals surface area contributed by atoms with E-state index in [1.54, 1.807) is 0 Å². The van der Waals surface area contributed by atoms with Gasteiger partial charge in [0.05, 0.1) is 17.6 Å². The fourth-order valence-corrected chi connectivity index (χ4v) is 2.76. The van der Waals surface area contributed by atoms with E-state index >= 15 is 0 Å². The molecule has 1 aromatic carbocycles. The number of rotatable bonds is 6. The quantitative estimate of drug-likeness (QED) is 0.811. The standard InChI is InChI=1S/C16H20N2O2/c1-3-20-16(11-8-9-11)15(19)10-13-12-6-4-5-7-14(12)18(2)17-13/h4-7,11,16H,3,8-10H2,1-2H3. The van der Waals surface area contributed by atoms with Crippen molar-refractivity contribution in [1.82, 2.24) is 9.78 Å². The van der Waals surface area contributed by atoms with Gasteiger partial charge in [0.2, 0.25) is 0 Å². The molecule has 1 aliphatic carbocycles. The Balaban J connectivity index is 1.83. The van der Waals surface area contributed by atoms with E-state index in [1.807, 2.05) is 42.9 Å². The first-order chi connectivity index (χ1) is 9.70. The van der Waals surface area contributed by atoms with Crippen molar-refractivity contribution >= 4 is 16.7 Å². The van der Waals surface area contributed by atoms with E-state index in [2.05, 4.69) is 5.10 Å². The Morgan fingerprint density at radius 2 is 2.20 bits per heavy atom. The largest absolute Gasteiger partial charge is 0.370 e. The van der Waals surface area contributed by atoms with Crippen molar-refractivity contribution in [3.8, 4) is 0 Å². The number of hydrogen-bond donors (Lipinski definition) is 0. The summed E-state index contributed by atoms with van der Waals surface area (Å²) < 4.78 is 7.47. The number of aromatic nitrogens is 2. The summed E-state index contributed by atoms with van der Waals surface area (Å²) in [6, 6.07) is 8.02. The molecule has 1 unspecified atom stereocenters. The number of Topliss-reactive ketones (excluding diaryl/α,β-unsaturated/α-hetero) is 1. The number of nitrogens with zero attached hydrogens (tertiary/aromatic N) is 2. The molecule has 1 fully saturated rings. The molecule has 3 rings (SSSR count). The van der Waals surface area contributed by atoms with Gasteiger partial charge >= 0.3 is 0 Å². The molecule has 1 atom stereocenters. The Hall–Kier alpha value is -1.68. The lowest BCUT2D eigenvalue weighted by atomic mass is 10.0. The molecular formula is C16H20N2O2. The van der Waals surface area contributed by atoms with E-state index in [1.165, 1.54) is 0 Å². The van der Waals surface area contributed by atoms with E-state index < -0.39 is 0 Å². The number of fused-ring (bicyclic) bond motifs is 1. The van der Waals surface area contributed by atoms with Gasteiger partial charge in [0.25, 0.3) is 0 Å². The van der Waals surface area contributed by atoms with Gasteiger partial charge in [-0.1, -0.05) is 18.2 Å². The molecule has 0 aliphatic heterocycles. The van der Waals surface area contributed by atoms with Gasteiger partial charge in [0.15, 0.2) is 5.78 Å². The van der Waals surface area contributed by atoms with E-state index in [0.29, 0.717) is 18.9 Å². The second-order valence-electron chi connectivity index (χ2n) is 5.44. The van der Waals surface area contributed by atoms with Gasteiger partial charge in [-0.25, -0.2) is 0 Å². The number of carbonyl (C=O) groups is 1. The van der Waals surface area contributed by atoms with E-state index in [9.17, 15) is 4.79 Å². The maximum absolute atomic E-state index is 12.5. The van der Waals surface area contributed by atoms with Crippen LogP contribution in [0.2, 0.25) is 0 Å². The highest BCUT2D eigenvalue weighted by molar-refractivity contribution is 5.91. The molecule has 0 spiro atoms. The summed E-state index contributed by atoms with van der Waals surface area (Å²) in [6.45, 7) is 2.54. The molecule has 4 heteroatoms. The third-order valence-corrected chi connectivity index (χ3v) is 3.89. The Bertz CT molecular complexity index is 628. The number of benzene rings is 1. The fraction of sp³-hybridized carbons (Fsp3) is 0.500. The SMILES string of the molecule is CCOC(C(=O)Cc1nn(C)c2ccccc12)C1CC1. The highest BCUT2D eigenvalue weighted by Crippen LogP contribution is 2.35. The molecule has 1 saturated carbocycles. The van der Waals surface area contributed by atoms with E-state index in [-0.39, 0.29) is 11.9 Å². The predicted octanol–water partition coefficient (Wildman–Crippen LogP) is 2.50. The van der Waals surface area contributed by atoms with Crippen LogP contribution < -0.4 is 0 Å². The first kappa shape index (κ1) is 13.3. The zero-order valence-electron chi connectivity index (χ0n) is 12.0. The summed E-state index contributed by atoms with van der Waals surface area (Å²) in [4.78, 5) is 12.5. The Morgan fingerprint density at radius 3 is 2.90 bits per heavy atom. The fourth-order valence-electron chi connectivity index (χ4n) is 2.76. The Kier molecular flexibility index (Phi) is 3.57. The van der Waals surface area contributed by atoms with Gasteiger partial charge in [-0.3, -0.25) is 9.48 Å². The molecule has 20 heavy (non-hydrogen) atoms. The topological polar surface area (TPSA) is 44.1 Å². The minimum atomic E-state index is -0.235. The third-order valence-electron chi connectivity index (χ3n) is 3.89. The first-order valence-corrected chi connectivity index (χ1v) is 7.25. The zero-order chi connectivity index (χ0) is 14.1. The molecule has 0 amide bonds. The number of hydrogen-bond acceptors (Lipinski definition) is 3. The summed E-state index contributed by atoms with van der Waals surface area (Å²) >= 11 is 0. The van der Waals surface area contributed by atoms with E-state index in [4.69, 9.17) is 4.74 Å². The van der Waals surface area contributed by atoms with Crippen molar-refractivity contribution in [2.24, 2.45) is 13.0 Å². The number of ketones is 1. The number of ether oxygens (including phenoxy) is 1. The van der Waals surface area contributed by atoms with Crippen LogP contribution in [0.3, 0.4) is 0 Å². The Labute approximate surface area is 118 Å². The lowest BCUT2D eigenvalue weighted by molar-refractivity contribution is -0.131. The van der Waals surface area contributed by atoms with Gasteiger partial charge in [-0.05, 0) is 31.7 Å². The van der Waals surface area contributed by atoms with Gasteiger partial charge in [0.1, 0.15) is 6.10 Å². The second kappa shape index (κ2) is 5.37. The van der Waals surface area contributed by atoms with Gasteiger partial charge < -0.3 is 4.74 Å². The average molecular weight is 272 g/mol. The number of aryl methyl sites for hydroxylation is 1. The second-order valence-corrected chi connectivity index (χ2v) is 5.44. The molecule has 1 aromatic heterocycles. The van der Waals surface area contributed by atoms with Crippen LogP contribution in [0, 0.1) is 5.92 Å². The maximum atomic E-state index is 12.5. The van der Waals surface area contributed by atoms with Crippen LogP contribution in [0.1, 0.15) is 25.5 Å². The molecule has 0 saturated heterocycles. The smallest absolute Gasteiger partial charge is 0.167 e. The lowest BCUT2D eigenvalue weighted by Gasteiger charge is -2.14. The normalized spacial score (nSPS) is 16.5. The van der Waals surface area contributed by atoms with Crippen LogP contribution in [0.15, 0.2) is 24.3 Å². The zero-order valence-corrected chi connectivity index (χ0v) is 12.0. The highest BCUT2D eigenvalue weighted by atomic mass is 16.5. The summed E-state index contributed by atoms with van der Waals surface area (Å²) in [5, 5.41) is 5.56. The van der Waals surface area contributed by atoms with Crippen LogP contribution in [0.5, 0.6) is 0 Å². The van der Waals surface area contributed by atoms with Gasteiger partial charge in [0, 0.05) is 19.0 Å². The van der Waals surface area contributed by atoms with Crippen LogP contribution in [-0.4, -0.2) is 28.3 Å². The Morgan fingerprint density at radius 1 is 1.45 bits per heavy atom. The van der Waals surface area contributed by atoms with Crippen LogP contribution >= 0.6 is 0 Å². The van der Waals surface area contributed by atoms with Gasteiger partial charge in [-0.2, -0.15) is 5.10 Å². The molecule has 106 valence electrons. The van der Waals surface area contributed by atoms with E-state index in [0.717, 1.165) is 29.4 Å². The first-order valence-electron chi connectivity index (χ1n) is 7.25. The number of carbonyl (C=O) groups excluding carboxylic acids is 1. The molecule has 0 N–H and O–H groups in total. The summed E-state index contributed by atoms with van der Waals surface area (Å²) in [5.74, 6) is 0.593. The summed E-state index contributed by atoms with van der Waals surface area (Å²) in [5.41, 5.74) is 1.92. The van der Waals surface area contributed by atoms with Crippen molar-refractivity contribution in [2.75, 3.05) is 6.61 Å². The number of para-hydroxylation sites is 1. The van der Waals surface area contributed by atoms with Crippen LogP contribution in [0.25, 0.3) is 10.9 Å². The molecule has 1 aliphatic rings. The summed E-state index contributed by atoms with van der Waals surface area (Å²) in [6.07, 6.45) is 2.35. The van der Waals surface area contributed by atoms with Crippen LogP contribution in [0.4, 0.5) is 0 Å². The molecule has 4 nitrogen and oxygen atoms in total. The minimum absolute atomic E-state index is 0.165. The predicted molar refractivity (Wildman–Crippen MR) is 77.6 cm³/mol. The monoisotopic (exact) mass is 272 g/mol. The highest BCUT2D eigenvalue weighted by Gasteiger charge is 2.36. The van der Waals surface area contributed by atoms with Crippen molar-refractivity contribution < 1.29 is 9.53 Å². The van der Waals surface area contributed by atoms with Gasteiger partial charge in [-0.15, -0.1) is 0 Å². The minimum Gasteiger partial charge on any atom is -0.370 e. The molecule has 2 aromatic rings. The molecule has 0 bridgehead atoms. The lowest BCUT2D eigenvalue weighted by Crippen LogP contribution is -2.28. The van der Waals surface area contributed by atoms with Crippen LogP contribution in [-0.2, 0) is 23.0 Å². The summed E-state index contributed by atoms with van der Waals surface area (Å²) in [7, 11) is 1.91. The van der Waals surface area contributed by atoms with Crippen molar-refractivity contribution in [1.29, 1.82) is 0 Å². The van der Waals surface area contributed by atoms with Crippen molar-refractivity contribution in [3.63, 3.8) is 0 Å². The van der Waals surface area contributed by atoms with Crippen molar-refractivity contribution in [3.05, 3.63) is 30.0 Å². The third kappa shape index (κ3) is 2.48. The maximum Gasteiger partial charge on any atom is 0.167 e. The molecule has 0 radical (unpaired) electrons. The average Bonchev–Trinajstić information content (AvgIpc) is 3.23.